The molecular formula is C16H24F3N. The van der Waals surface area contributed by atoms with Gasteiger partial charge in [-0.3, -0.25) is 0 Å². The Labute approximate surface area is 119 Å². The fourth-order valence-corrected chi connectivity index (χ4v) is 2.79. The van der Waals surface area contributed by atoms with Crippen molar-refractivity contribution in [3.63, 3.8) is 0 Å². The lowest BCUT2D eigenvalue weighted by Crippen LogP contribution is -2.30. The van der Waals surface area contributed by atoms with Gasteiger partial charge in [0.05, 0.1) is 0 Å². The highest BCUT2D eigenvalue weighted by molar-refractivity contribution is 5.25. The SMILES string of the molecule is CCCC(CCC)C(NCC)c1c(F)cc(F)cc1F. The molecule has 0 aliphatic rings. The molecule has 0 saturated carbocycles. The maximum atomic E-state index is 14.0. The van der Waals surface area contributed by atoms with Crippen molar-refractivity contribution >= 4 is 0 Å². The Kier molecular flexibility index (Phi) is 7.06. The molecule has 0 fully saturated rings. The summed E-state index contributed by atoms with van der Waals surface area (Å²) < 4.78 is 41.1. The lowest BCUT2D eigenvalue weighted by Gasteiger charge is -2.28. The molecule has 0 bridgehead atoms. The van der Waals surface area contributed by atoms with Gasteiger partial charge in [-0.15, -0.1) is 0 Å². The van der Waals surface area contributed by atoms with Crippen molar-refractivity contribution in [2.75, 3.05) is 6.54 Å². The topological polar surface area (TPSA) is 12.0 Å². The van der Waals surface area contributed by atoms with E-state index in [1.165, 1.54) is 0 Å². The Hall–Kier alpha value is -1.03. The van der Waals surface area contributed by atoms with Crippen LogP contribution >= 0.6 is 0 Å². The van der Waals surface area contributed by atoms with Gasteiger partial charge in [-0.1, -0.05) is 33.6 Å². The van der Waals surface area contributed by atoms with Crippen LogP contribution in [-0.2, 0) is 0 Å². The summed E-state index contributed by atoms with van der Waals surface area (Å²) in [5.41, 5.74) is -0.0276. The van der Waals surface area contributed by atoms with Crippen molar-refractivity contribution in [2.45, 2.75) is 52.5 Å². The van der Waals surface area contributed by atoms with Crippen LogP contribution < -0.4 is 5.32 Å². The van der Waals surface area contributed by atoms with Gasteiger partial charge in [-0.05, 0) is 25.3 Å². The van der Waals surface area contributed by atoms with E-state index in [0.717, 1.165) is 37.8 Å². The van der Waals surface area contributed by atoms with E-state index in [1.54, 1.807) is 0 Å². The largest absolute Gasteiger partial charge is 0.310 e. The number of halogens is 3. The van der Waals surface area contributed by atoms with Crippen molar-refractivity contribution < 1.29 is 13.2 Å². The average Bonchev–Trinajstić information content (AvgIpc) is 2.36. The summed E-state index contributed by atoms with van der Waals surface area (Å²) in [7, 11) is 0. The van der Waals surface area contributed by atoms with Gasteiger partial charge >= 0.3 is 0 Å². The van der Waals surface area contributed by atoms with E-state index in [1.807, 2.05) is 6.92 Å². The van der Waals surface area contributed by atoms with Crippen LogP contribution in [0.5, 0.6) is 0 Å². The predicted octanol–water partition coefficient (Wildman–Crippen LogP) is 4.97. The molecular weight excluding hydrogens is 263 g/mol. The normalized spacial score (nSPS) is 12.9. The first kappa shape index (κ1) is 17.0. The van der Waals surface area contributed by atoms with Crippen LogP contribution in [0.25, 0.3) is 0 Å². The Morgan fingerprint density at radius 2 is 1.45 bits per heavy atom. The number of nitrogens with one attached hydrogen (secondary N) is 1. The first-order valence-corrected chi connectivity index (χ1v) is 7.42. The molecule has 1 N–H and O–H groups in total. The molecule has 0 amide bonds. The van der Waals surface area contributed by atoms with E-state index >= 15 is 0 Å². The fourth-order valence-electron chi connectivity index (χ4n) is 2.79. The minimum atomic E-state index is -0.874. The maximum absolute atomic E-state index is 14.0. The van der Waals surface area contributed by atoms with Gasteiger partial charge in [0, 0.05) is 23.7 Å². The Balaban J connectivity index is 3.17. The molecule has 1 aromatic rings. The van der Waals surface area contributed by atoms with E-state index in [2.05, 4.69) is 19.2 Å². The molecule has 114 valence electrons. The summed E-state index contributed by atoms with van der Waals surface area (Å²) in [5.74, 6) is -2.32. The molecule has 0 spiro atoms. The van der Waals surface area contributed by atoms with Crippen LogP contribution in [0.3, 0.4) is 0 Å². The van der Waals surface area contributed by atoms with Gasteiger partial charge in [-0.2, -0.15) is 0 Å². The minimum absolute atomic E-state index is 0.0276. The second-order valence-electron chi connectivity index (χ2n) is 5.16. The van der Waals surface area contributed by atoms with Gasteiger partial charge in [0.2, 0.25) is 0 Å². The third-order valence-electron chi connectivity index (χ3n) is 3.57. The van der Waals surface area contributed by atoms with E-state index in [4.69, 9.17) is 0 Å². The number of rotatable bonds is 8. The molecule has 0 aliphatic carbocycles. The number of hydrogen-bond donors (Lipinski definition) is 1. The molecule has 1 unspecified atom stereocenters. The van der Waals surface area contributed by atoms with Gasteiger partial charge < -0.3 is 5.32 Å². The van der Waals surface area contributed by atoms with E-state index in [-0.39, 0.29) is 11.5 Å². The summed E-state index contributed by atoms with van der Waals surface area (Å²) in [4.78, 5) is 0. The zero-order valence-electron chi connectivity index (χ0n) is 12.5. The average molecular weight is 287 g/mol. The van der Waals surface area contributed by atoms with Crippen LogP contribution in [0.15, 0.2) is 12.1 Å². The number of benzene rings is 1. The molecule has 20 heavy (non-hydrogen) atoms. The van der Waals surface area contributed by atoms with Crippen LogP contribution in [0, 0.1) is 23.4 Å². The van der Waals surface area contributed by atoms with Crippen molar-refractivity contribution in [1.29, 1.82) is 0 Å². The van der Waals surface area contributed by atoms with Crippen LogP contribution in [0.4, 0.5) is 13.2 Å². The third-order valence-corrected chi connectivity index (χ3v) is 3.57. The lowest BCUT2D eigenvalue weighted by molar-refractivity contribution is 0.304. The van der Waals surface area contributed by atoms with Crippen LogP contribution in [0.2, 0.25) is 0 Å². The van der Waals surface area contributed by atoms with Gasteiger partial charge in [0.1, 0.15) is 17.5 Å². The van der Waals surface area contributed by atoms with E-state index in [0.29, 0.717) is 6.54 Å². The molecule has 4 heteroatoms. The first-order valence-electron chi connectivity index (χ1n) is 7.42. The van der Waals surface area contributed by atoms with E-state index < -0.39 is 23.5 Å². The van der Waals surface area contributed by atoms with Crippen LogP contribution in [0.1, 0.15) is 58.1 Å². The van der Waals surface area contributed by atoms with E-state index in [9.17, 15) is 13.2 Å². The highest BCUT2D eigenvalue weighted by Gasteiger charge is 2.27. The van der Waals surface area contributed by atoms with Crippen molar-refractivity contribution in [1.82, 2.24) is 5.32 Å². The molecule has 0 saturated heterocycles. The standard InChI is InChI=1S/C16H24F3N/c1-4-7-11(8-5-2)16(20-6-3)15-13(18)9-12(17)10-14(15)19/h9-11,16,20H,4-8H2,1-3H3. The summed E-state index contributed by atoms with van der Waals surface area (Å²) in [6, 6.07) is 1.12. The highest BCUT2D eigenvalue weighted by atomic mass is 19.1. The summed E-state index contributed by atoms with van der Waals surface area (Å²) in [6.45, 7) is 6.64. The van der Waals surface area contributed by atoms with Gasteiger partial charge in [0.15, 0.2) is 0 Å². The van der Waals surface area contributed by atoms with Gasteiger partial charge in [-0.25, -0.2) is 13.2 Å². The Morgan fingerprint density at radius 1 is 0.950 bits per heavy atom. The zero-order valence-corrected chi connectivity index (χ0v) is 12.5. The van der Waals surface area contributed by atoms with Crippen molar-refractivity contribution in [2.24, 2.45) is 5.92 Å². The molecule has 1 atom stereocenters. The molecule has 0 heterocycles. The smallest absolute Gasteiger partial charge is 0.133 e. The third kappa shape index (κ3) is 4.23. The fraction of sp³-hybridized carbons (Fsp3) is 0.625. The second kappa shape index (κ2) is 8.30. The lowest BCUT2D eigenvalue weighted by atomic mass is 9.85. The number of hydrogen-bond acceptors (Lipinski definition) is 1. The monoisotopic (exact) mass is 287 g/mol. The highest BCUT2D eigenvalue weighted by Crippen LogP contribution is 2.33. The summed E-state index contributed by atoms with van der Waals surface area (Å²) in [5, 5.41) is 3.17. The molecule has 0 radical (unpaired) electrons. The molecule has 0 aromatic heterocycles. The second-order valence-corrected chi connectivity index (χ2v) is 5.16. The predicted molar refractivity (Wildman–Crippen MR) is 76.0 cm³/mol. The summed E-state index contributed by atoms with van der Waals surface area (Å²) >= 11 is 0. The first-order chi connectivity index (χ1) is 9.54. The molecule has 0 aliphatic heterocycles. The molecule has 1 rings (SSSR count). The Bertz CT molecular complexity index is 391. The Morgan fingerprint density at radius 3 is 1.85 bits per heavy atom. The quantitative estimate of drug-likeness (QED) is 0.711. The van der Waals surface area contributed by atoms with Crippen LogP contribution in [-0.4, -0.2) is 6.54 Å². The minimum Gasteiger partial charge on any atom is -0.310 e. The zero-order chi connectivity index (χ0) is 15.1. The maximum Gasteiger partial charge on any atom is 0.133 e. The van der Waals surface area contributed by atoms with Crippen molar-refractivity contribution in [3.05, 3.63) is 35.1 Å². The van der Waals surface area contributed by atoms with Gasteiger partial charge in [0.25, 0.3) is 0 Å². The molecule has 1 nitrogen and oxygen atoms in total. The molecule has 1 aromatic carbocycles. The van der Waals surface area contributed by atoms with Crippen molar-refractivity contribution in [3.8, 4) is 0 Å². The summed E-state index contributed by atoms with van der Waals surface area (Å²) in [6.07, 6.45) is 3.69.